The number of halogens is 1. The molecule has 1 N–H and O–H groups in total. The smallest absolute Gasteiger partial charge is 0.248 e. The van der Waals surface area contributed by atoms with Crippen LogP contribution in [0.5, 0.6) is 11.5 Å². The van der Waals surface area contributed by atoms with E-state index < -0.39 is 0 Å². The number of carbonyl (C=O) groups is 1. The molecule has 0 unspecified atom stereocenters. The third kappa shape index (κ3) is 4.48. The Kier molecular flexibility index (Phi) is 6.19. The minimum Gasteiger partial charge on any atom is -0.497 e. The first-order valence-electron chi connectivity index (χ1n) is 9.97. The molecule has 4 aromatic rings. The van der Waals surface area contributed by atoms with Crippen LogP contribution in [0, 0.1) is 0 Å². The van der Waals surface area contributed by atoms with Crippen LogP contribution in [0.3, 0.4) is 0 Å². The molecular formula is C26H22ClNO4. The molecule has 0 fully saturated rings. The van der Waals surface area contributed by atoms with Gasteiger partial charge in [0.2, 0.25) is 5.91 Å². The lowest BCUT2D eigenvalue weighted by atomic mass is 9.99. The van der Waals surface area contributed by atoms with Crippen molar-refractivity contribution >= 4 is 39.7 Å². The van der Waals surface area contributed by atoms with Crippen LogP contribution in [0.1, 0.15) is 12.5 Å². The quantitative estimate of drug-likeness (QED) is 0.330. The molecular weight excluding hydrogens is 426 g/mol. The molecule has 5 nitrogen and oxygen atoms in total. The predicted molar refractivity (Wildman–Crippen MR) is 128 cm³/mol. The van der Waals surface area contributed by atoms with Crippen LogP contribution in [0.25, 0.3) is 27.7 Å². The van der Waals surface area contributed by atoms with E-state index in [4.69, 9.17) is 25.5 Å². The number of ether oxygens (including phenoxy) is 2. The molecule has 0 saturated heterocycles. The molecule has 1 aromatic heterocycles. The van der Waals surface area contributed by atoms with Gasteiger partial charge in [-0.05, 0) is 48.4 Å². The normalized spacial score (nSPS) is 11.4. The fourth-order valence-corrected chi connectivity index (χ4v) is 3.66. The van der Waals surface area contributed by atoms with E-state index in [2.05, 4.69) is 5.32 Å². The van der Waals surface area contributed by atoms with E-state index in [0.717, 1.165) is 27.6 Å². The minimum absolute atomic E-state index is 0.247. The number of furan rings is 1. The molecule has 0 aliphatic heterocycles. The number of benzene rings is 3. The molecule has 1 heterocycles. The molecule has 3 aromatic carbocycles. The minimum atomic E-state index is -0.247. The number of nitrogens with one attached hydrogen (secondary N) is 1. The molecule has 0 atom stereocenters. The zero-order valence-corrected chi connectivity index (χ0v) is 18.7. The maximum absolute atomic E-state index is 12.6. The number of allylic oxidation sites excluding steroid dienone is 1. The predicted octanol–water partition coefficient (Wildman–Crippen LogP) is 6.81. The topological polar surface area (TPSA) is 60.7 Å². The van der Waals surface area contributed by atoms with Crippen molar-refractivity contribution in [2.24, 2.45) is 0 Å². The highest BCUT2D eigenvalue weighted by molar-refractivity contribution is 6.30. The number of carbonyl (C=O) groups excluding carboxylic acids is 1. The van der Waals surface area contributed by atoms with Crippen molar-refractivity contribution in [3.8, 4) is 22.6 Å². The largest absolute Gasteiger partial charge is 0.497 e. The van der Waals surface area contributed by atoms with Crippen LogP contribution in [-0.2, 0) is 4.79 Å². The lowest BCUT2D eigenvalue weighted by Crippen LogP contribution is -2.08. The number of amides is 1. The van der Waals surface area contributed by atoms with Gasteiger partial charge < -0.3 is 19.2 Å². The van der Waals surface area contributed by atoms with E-state index in [1.807, 2.05) is 55.5 Å². The van der Waals surface area contributed by atoms with Crippen molar-refractivity contribution in [3.05, 3.63) is 83.6 Å². The molecule has 162 valence electrons. The second kappa shape index (κ2) is 9.20. The summed E-state index contributed by atoms with van der Waals surface area (Å²) in [6.45, 7) is 1.87. The molecule has 0 aliphatic rings. The summed E-state index contributed by atoms with van der Waals surface area (Å²) in [7, 11) is 3.18. The van der Waals surface area contributed by atoms with Gasteiger partial charge in [0.15, 0.2) is 0 Å². The Morgan fingerprint density at radius 2 is 1.81 bits per heavy atom. The fraction of sp³-hybridized carbons (Fsp3) is 0.115. The van der Waals surface area contributed by atoms with Crippen molar-refractivity contribution in [2.45, 2.75) is 6.92 Å². The number of methoxy groups -OCH3 is 2. The Hall–Kier alpha value is -3.70. The maximum Gasteiger partial charge on any atom is 0.248 e. The Morgan fingerprint density at radius 3 is 2.53 bits per heavy atom. The summed E-state index contributed by atoms with van der Waals surface area (Å²) in [5.74, 6) is 1.05. The Morgan fingerprint density at radius 1 is 1.03 bits per heavy atom. The summed E-state index contributed by atoms with van der Waals surface area (Å²) in [4.78, 5) is 12.6. The molecule has 1 amide bonds. The summed E-state index contributed by atoms with van der Waals surface area (Å²) in [6, 6.07) is 18.6. The lowest BCUT2D eigenvalue weighted by molar-refractivity contribution is -0.111. The molecule has 32 heavy (non-hydrogen) atoms. The number of hydrogen-bond acceptors (Lipinski definition) is 4. The van der Waals surface area contributed by atoms with Gasteiger partial charge >= 0.3 is 0 Å². The highest BCUT2D eigenvalue weighted by atomic mass is 35.5. The van der Waals surface area contributed by atoms with Gasteiger partial charge in [-0.25, -0.2) is 0 Å². The monoisotopic (exact) mass is 447 g/mol. The third-order valence-corrected chi connectivity index (χ3v) is 5.41. The van der Waals surface area contributed by atoms with Crippen LogP contribution in [-0.4, -0.2) is 20.1 Å². The Balaban J connectivity index is 1.69. The average molecular weight is 448 g/mol. The number of anilines is 1. The first-order chi connectivity index (χ1) is 15.5. The molecule has 0 saturated carbocycles. The molecule has 6 heteroatoms. The van der Waals surface area contributed by atoms with Gasteiger partial charge in [-0.1, -0.05) is 29.8 Å². The summed E-state index contributed by atoms with van der Waals surface area (Å²) >= 11 is 6.03. The fourth-order valence-electron chi connectivity index (χ4n) is 3.54. The number of hydrogen-bond donors (Lipinski definition) is 1. The third-order valence-electron chi connectivity index (χ3n) is 5.16. The van der Waals surface area contributed by atoms with Crippen molar-refractivity contribution < 1.29 is 18.7 Å². The number of rotatable bonds is 6. The van der Waals surface area contributed by atoms with Crippen molar-refractivity contribution in [1.29, 1.82) is 0 Å². The van der Waals surface area contributed by atoms with E-state index >= 15 is 0 Å². The van der Waals surface area contributed by atoms with E-state index in [1.165, 1.54) is 0 Å². The van der Waals surface area contributed by atoms with Crippen molar-refractivity contribution in [1.82, 2.24) is 0 Å². The zero-order valence-electron chi connectivity index (χ0n) is 17.9. The van der Waals surface area contributed by atoms with E-state index in [-0.39, 0.29) is 5.91 Å². The van der Waals surface area contributed by atoms with Gasteiger partial charge in [0.05, 0.1) is 20.5 Å². The molecule has 0 spiro atoms. The Labute approximate surface area is 191 Å². The van der Waals surface area contributed by atoms with Crippen LogP contribution < -0.4 is 14.8 Å². The van der Waals surface area contributed by atoms with Gasteiger partial charge in [-0.3, -0.25) is 4.79 Å². The SMILES string of the molecule is COc1cccc(NC(=O)/C=C(\C)c2cc3c(-c4ccc(Cl)cc4)coc3cc2OC)c1. The summed E-state index contributed by atoms with van der Waals surface area (Å²) in [6.07, 6.45) is 3.26. The first-order valence-corrected chi connectivity index (χ1v) is 10.3. The summed E-state index contributed by atoms with van der Waals surface area (Å²) in [5, 5.41) is 4.45. The second-order valence-corrected chi connectivity index (χ2v) is 7.69. The summed E-state index contributed by atoms with van der Waals surface area (Å²) < 4.78 is 16.5. The highest BCUT2D eigenvalue weighted by Gasteiger charge is 2.15. The van der Waals surface area contributed by atoms with Gasteiger partial charge in [0, 0.05) is 45.4 Å². The standard InChI is InChI=1S/C26H22ClNO4/c1-16(11-26(29)28-19-5-4-6-20(12-19)30-2)21-13-22-23(17-7-9-18(27)10-8-17)15-32-25(22)14-24(21)31-3/h4-15H,1-3H3,(H,28,29)/b16-11+. The maximum atomic E-state index is 12.6. The first kappa shape index (κ1) is 21.5. The van der Waals surface area contributed by atoms with E-state index in [0.29, 0.717) is 27.8 Å². The van der Waals surface area contributed by atoms with Crippen LogP contribution >= 0.6 is 11.6 Å². The molecule has 0 bridgehead atoms. The molecule has 0 aliphatic carbocycles. The van der Waals surface area contributed by atoms with Crippen molar-refractivity contribution in [3.63, 3.8) is 0 Å². The Bertz CT molecular complexity index is 1310. The van der Waals surface area contributed by atoms with Crippen molar-refractivity contribution in [2.75, 3.05) is 19.5 Å². The second-order valence-electron chi connectivity index (χ2n) is 7.25. The van der Waals surface area contributed by atoms with Gasteiger partial charge in [0.1, 0.15) is 17.1 Å². The molecule has 0 radical (unpaired) electrons. The van der Waals surface area contributed by atoms with E-state index in [1.54, 1.807) is 38.7 Å². The van der Waals surface area contributed by atoms with Gasteiger partial charge in [-0.2, -0.15) is 0 Å². The van der Waals surface area contributed by atoms with Gasteiger partial charge in [-0.15, -0.1) is 0 Å². The average Bonchev–Trinajstić information content (AvgIpc) is 3.21. The van der Waals surface area contributed by atoms with Crippen LogP contribution in [0.15, 0.2) is 77.4 Å². The lowest BCUT2D eigenvalue weighted by Gasteiger charge is -2.10. The zero-order chi connectivity index (χ0) is 22.7. The van der Waals surface area contributed by atoms with E-state index in [9.17, 15) is 4.79 Å². The highest BCUT2D eigenvalue weighted by Crippen LogP contribution is 2.37. The van der Waals surface area contributed by atoms with Gasteiger partial charge in [0.25, 0.3) is 0 Å². The molecule has 4 rings (SSSR count). The summed E-state index contributed by atoms with van der Waals surface area (Å²) in [5.41, 5.74) is 4.84. The van der Waals surface area contributed by atoms with Crippen LogP contribution in [0.4, 0.5) is 5.69 Å². The van der Waals surface area contributed by atoms with Crippen LogP contribution in [0.2, 0.25) is 5.02 Å². The number of fused-ring (bicyclic) bond motifs is 1.